The van der Waals surface area contributed by atoms with Crippen LogP contribution in [0.2, 0.25) is 18.1 Å². The van der Waals surface area contributed by atoms with Crippen molar-refractivity contribution < 1.29 is 14.3 Å². The Morgan fingerprint density at radius 1 is 1.18 bits per heavy atom. The van der Waals surface area contributed by atoms with Gasteiger partial charge in [-0.1, -0.05) is 32.9 Å². The SMILES string of the molecule is CC(C)(C)[Si](C)(C)Oc1cccc(C2(O)CCC(=O)CC2)c1. The molecule has 0 aromatic heterocycles. The van der Waals surface area contributed by atoms with Gasteiger partial charge in [-0.3, -0.25) is 4.79 Å². The summed E-state index contributed by atoms with van der Waals surface area (Å²) in [6.07, 6.45) is 1.94. The van der Waals surface area contributed by atoms with Crippen LogP contribution in [0.1, 0.15) is 52.0 Å². The molecular weight excluding hydrogens is 292 g/mol. The maximum atomic E-state index is 11.4. The summed E-state index contributed by atoms with van der Waals surface area (Å²) >= 11 is 0. The van der Waals surface area contributed by atoms with E-state index in [0.717, 1.165) is 11.3 Å². The summed E-state index contributed by atoms with van der Waals surface area (Å²) in [5, 5.41) is 11.0. The first-order chi connectivity index (χ1) is 10.0. The summed E-state index contributed by atoms with van der Waals surface area (Å²) in [6, 6.07) is 7.79. The third-order valence-corrected chi connectivity index (χ3v) is 9.54. The predicted molar refractivity (Wildman–Crippen MR) is 91.6 cm³/mol. The van der Waals surface area contributed by atoms with Crippen molar-refractivity contribution in [3.63, 3.8) is 0 Å². The van der Waals surface area contributed by atoms with Crippen molar-refractivity contribution in [1.82, 2.24) is 0 Å². The summed E-state index contributed by atoms with van der Waals surface area (Å²) in [5.74, 6) is 1.08. The minimum atomic E-state index is -1.89. The number of hydrogen-bond acceptors (Lipinski definition) is 3. The molecular formula is C18H28O3Si. The lowest BCUT2D eigenvalue weighted by Crippen LogP contribution is -2.44. The Morgan fingerprint density at radius 3 is 2.32 bits per heavy atom. The highest BCUT2D eigenvalue weighted by atomic mass is 28.4. The Bertz CT molecular complexity index is 548. The second kappa shape index (κ2) is 5.82. The van der Waals surface area contributed by atoms with Gasteiger partial charge >= 0.3 is 0 Å². The molecule has 0 radical (unpaired) electrons. The van der Waals surface area contributed by atoms with Gasteiger partial charge in [0.15, 0.2) is 0 Å². The molecule has 0 unspecified atom stereocenters. The Morgan fingerprint density at radius 2 is 1.77 bits per heavy atom. The Balaban J connectivity index is 2.22. The summed E-state index contributed by atoms with van der Waals surface area (Å²) in [4.78, 5) is 11.4. The van der Waals surface area contributed by atoms with Crippen LogP contribution < -0.4 is 4.43 Å². The third kappa shape index (κ3) is 3.61. The number of ketones is 1. The van der Waals surface area contributed by atoms with Crippen LogP contribution in [0.3, 0.4) is 0 Å². The van der Waals surface area contributed by atoms with E-state index in [-0.39, 0.29) is 10.8 Å². The largest absolute Gasteiger partial charge is 0.543 e. The molecule has 1 fully saturated rings. The van der Waals surface area contributed by atoms with E-state index in [0.29, 0.717) is 25.7 Å². The van der Waals surface area contributed by atoms with E-state index in [1.54, 1.807) is 0 Å². The number of carbonyl (C=O) groups excluding carboxylic acids is 1. The highest BCUT2D eigenvalue weighted by molar-refractivity contribution is 6.74. The normalized spacial score (nSPS) is 19.1. The van der Waals surface area contributed by atoms with E-state index in [1.807, 2.05) is 24.3 Å². The Hall–Kier alpha value is -1.13. The third-order valence-electron chi connectivity index (χ3n) is 5.19. The molecule has 22 heavy (non-hydrogen) atoms. The summed E-state index contributed by atoms with van der Waals surface area (Å²) in [5.41, 5.74) is -0.0167. The molecule has 1 saturated carbocycles. The molecule has 0 amide bonds. The number of rotatable bonds is 3. The van der Waals surface area contributed by atoms with E-state index in [9.17, 15) is 9.90 Å². The molecule has 1 aliphatic carbocycles. The van der Waals surface area contributed by atoms with Crippen molar-refractivity contribution in [2.75, 3.05) is 0 Å². The predicted octanol–water partition coefficient (Wildman–Crippen LogP) is 4.40. The fourth-order valence-electron chi connectivity index (χ4n) is 2.53. The van der Waals surface area contributed by atoms with Gasteiger partial charge in [-0.15, -0.1) is 0 Å². The van der Waals surface area contributed by atoms with Crippen LogP contribution in [-0.2, 0) is 10.4 Å². The number of aliphatic hydroxyl groups is 1. The second-order valence-corrected chi connectivity index (χ2v) is 12.7. The first-order valence-electron chi connectivity index (χ1n) is 8.07. The Kier molecular flexibility index (Phi) is 4.55. The van der Waals surface area contributed by atoms with Crippen LogP contribution in [0.15, 0.2) is 24.3 Å². The first-order valence-corrected chi connectivity index (χ1v) is 11.0. The maximum absolute atomic E-state index is 11.4. The standard InChI is InChI=1S/C18H28O3Si/c1-17(2,3)22(4,5)21-16-8-6-7-14(13-16)18(20)11-9-15(19)10-12-18/h6-8,13,20H,9-12H2,1-5H3. The second-order valence-electron chi connectivity index (χ2n) is 7.96. The fourth-order valence-corrected chi connectivity index (χ4v) is 3.55. The molecule has 1 N–H and O–H groups in total. The van der Waals surface area contributed by atoms with Crippen molar-refractivity contribution in [3.8, 4) is 5.75 Å². The van der Waals surface area contributed by atoms with Gasteiger partial charge in [0.05, 0.1) is 5.60 Å². The van der Waals surface area contributed by atoms with Gasteiger partial charge in [0.1, 0.15) is 11.5 Å². The van der Waals surface area contributed by atoms with E-state index in [1.165, 1.54) is 0 Å². The average Bonchev–Trinajstić information content (AvgIpc) is 2.41. The lowest BCUT2D eigenvalue weighted by molar-refractivity contribution is -0.125. The van der Waals surface area contributed by atoms with Crippen molar-refractivity contribution in [1.29, 1.82) is 0 Å². The quantitative estimate of drug-likeness (QED) is 0.840. The van der Waals surface area contributed by atoms with Crippen LogP contribution in [-0.4, -0.2) is 19.2 Å². The molecule has 1 aromatic rings. The van der Waals surface area contributed by atoms with Gasteiger partial charge in [-0.2, -0.15) is 0 Å². The van der Waals surface area contributed by atoms with E-state index in [4.69, 9.17) is 4.43 Å². The molecule has 0 heterocycles. The van der Waals surface area contributed by atoms with E-state index < -0.39 is 13.9 Å². The number of Topliss-reactive ketones (excluding diaryl/α,β-unsaturated/α-hetero) is 1. The summed E-state index contributed by atoms with van der Waals surface area (Å²) < 4.78 is 6.32. The van der Waals surface area contributed by atoms with Gasteiger partial charge in [0.25, 0.3) is 0 Å². The minimum Gasteiger partial charge on any atom is -0.543 e. The van der Waals surface area contributed by atoms with Crippen molar-refractivity contribution in [2.45, 2.75) is 70.2 Å². The lowest BCUT2D eigenvalue weighted by atomic mass is 9.79. The smallest absolute Gasteiger partial charge is 0.250 e. The zero-order valence-electron chi connectivity index (χ0n) is 14.4. The molecule has 122 valence electrons. The van der Waals surface area contributed by atoms with Crippen LogP contribution >= 0.6 is 0 Å². The van der Waals surface area contributed by atoms with Gasteiger partial charge in [-0.05, 0) is 48.7 Å². The zero-order valence-corrected chi connectivity index (χ0v) is 15.4. The molecule has 0 spiro atoms. The maximum Gasteiger partial charge on any atom is 0.250 e. The first kappa shape index (κ1) is 17.2. The summed E-state index contributed by atoms with van der Waals surface area (Å²) in [6.45, 7) is 11.1. The van der Waals surface area contributed by atoms with Crippen molar-refractivity contribution in [2.24, 2.45) is 0 Å². The van der Waals surface area contributed by atoms with Gasteiger partial charge in [0.2, 0.25) is 8.32 Å². The molecule has 0 atom stereocenters. The lowest BCUT2D eigenvalue weighted by Gasteiger charge is -2.37. The molecule has 0 bridgehead atoms. The Labute approximate surface area is 134 Å². The minimum absolute atomic E-state index is 0.136. The number of carbonyl (C=O) groups is 1. The van der Waals surface area contributed by atoms with Crippen LogP contribution in [0.5, 0.6) is 5.75 Å². The molecule has 0 aliphatic heterocycles. The van der Waals surface area contributed by atoms with E-state index in [2.05, 4.69) is 33.9 Å². The van der Waals surface area contributed by atoms with E-state index >= 15 is 0 Å². The molecule has 0 saturated heterocycles. The van der Waals surface area contributed by atoms with Crippen molar-refractivity contribution >= 4 is 14.1 Å². The van der Waals surface area contributed by atoms with Crippen molar-refractivity contribution in [3.05, 3.63) is 29.8 Å². The van der Waals surface area contributed by atoms with Crippen LogP contribution in [0.25, 0.3) is 0 Å². The number of hydrogen-bond donors (Lipinski definition) is 1. The van der Waals surface area contributed by atoms with Crippen LogP contribution in [0, 0.1) is 0 Å². The summed E-state index contributed by atoms with van der Waals surface area (Å²) in [7, 11) is -1.89. The highest BCUT2D eigenvalue weighted by Crippen LogP contribution is 2.40. The molecule has 1 aromatic carbocycles. The molecule has 4 heteroatoms. The number of benzene rings is 1. The monoisotopic (exact) mass is 320 g/mol. The van der Waals surface area contributed by atoms with Gasteiger partial charge < -0.3 is 9.53 Å². The highest BCUT2D eigenvalue weighted by Gasteiger charge is 2.39. The average molecular weight is 321 g/mol. The van der Waals surface area contributed by atoms with Crippen LogP contribution in [0.4, 0.5) is 0 Å². The zero-order chi connectivity index (χ0) is 16.6. The van der Waals surface area contributed by atoms with Gasteiger partial charge in [0, 0.05) is 12.8 Å². The molecule has 2 rings (SSSR count). The molecule has 3 nitrogen and oxygen atoms in total. The topological polar surface area (TPSA) is 46.5 Å². The van der Waals surface area contributed by atoms with Gasteiger partial charge in [-0.25, -0.2) is 0 Å². The fraction of sp³-hybridized carbons (Fsp3) is 0.611. The molecule has 1 aliphatic rings.